The number of halogens is 1. The van der Waals surface area contributed by atoms with Crippen LogP contribution in [0.25, 0.3) is 27.5 Å². The van der Waals surface area contributed by atoms with Gasteiger partial charge >= 0.3 is 0 Å². The van der Waals surface area contributed by atoms with Gasteiger partial charge in [0.2, 0.25) is 0 Å². The summed E-state index contributed by atoms with van der Waals surface area (Å²) in [5.74, 6) is 1.26. The molecule has 0 saturated heterocycles. The second-order valence-electron chi connectivity index (χ2n) is 5.62. The Balaban J connectivity index is 0.00000156. The molecule has 0 atom stereocenters. The minimum Gasteiger partial charge on any atom is -1.00 e. The SMILES string of the molecule is CC[n+]1c(C)n(-c2ccccc2)c2ccc3ccccc3c21.[I-]. The number of hydrogen-bond donors (Lipinski definition) is 0. The highest BCUT2D eigenvalue weighted by Crippen LogP contribution is 2.27. The van der Waals surface area contributed by atoms with Gasteiger partial charge in [-0.25, -0.2) is 4.57 Å². The van der Waals surface area contributed by atoms with Gasteiger partial charge in [-0.15, -0.1) is 0 Å². The predicted octanol–water partition coefficient (Wildman–Crippen LogP) is 1.40. The van der Waals surface area contributed by atoms with Crippen LogP contribution < -0.4 is 28.5 Å². The molecule has 0 saturated carbocycles. The van der Waals surface area contributed by atoms with Gasteiger partial charge in [-0.3, -0.25) is 0 Å². The Hall–Kier alpha value is -1.88. The van der Waals surface area contributed by atoms with E-state index in [-0.39, 0.29) is 24.0 Å². The largest absolute Gasteiger partial charge is 1.00 e. The van der Waals surface area contributed by atoms with Gasteiger partial charge in [0.1, 0.15) is 5.69 Å². The normalized spacial score (nSPS) is 10.9. The first-order chi connectivity index (χ1) is 10.8. The molecule has 2 nitrogen and oxygen atoms in total. The molecule has 4 aromatic rings. The molecule has 1 heterocycles. The number of nitrogens with zero attached hydrogens (tertiary/aromatic N) is 2. The second-order valence-corrected chi connectivity index (χ2v) is 5.62. The lowest BCUT2D eigenvalue weighted by Gasteiger charge is -1.99. The Bertz CT molecular complexity index is 971. The van der Waals surface area contributed by atoms with Gasteiger partial charge in [-0.2, -0.15) is 4.57 Å². The molecule has 3 heteroatoms. The molecule has 0 amide bonds. The number of aryl methyl sites for hydroxylation is 1. The Morgan fingerprint density at radius 1 is 0.870 bits per heavy atom. The van der Waals surface area contributed by atoms with Crippen molar-refractivity contribution in [3.05, 3.63) is 72.6 Å². The zero-order chi connectivity index (χ0) is 15.1. The molecule has 1 aromatic heterocycles. The van der Waals surface area contributed by atoms with E-state index in [0.29, 0.717) is 0 Å². The zero-order valence-corrected chi connectivity index (χ0v) is 15.5. The van der Waals surface area contributed by atoms with E-state index in [0.717, 1.165) is 6.54 Å². The molecule has 0 N–H and O–H groups in total. The standard InChI is InChI=1S/C20H19N2.HI/c1-3-21-15(2)22(17-10-5-4-6-11-17)19-14-13-16-9-7-8-12-18(16)20(19)21;/h4-14H,3H2,1-2H3;1H/q+1;/p-1. The van der Waals surface area contributed by atoms with Crippen molar-refractivity contribution >= 4 is 21.8 Å². The predicted molar refractivity (Wildman–Crippen MR) is 91.4 cm³/mol. The molecule has 0 unspecified atom stereocenters. The van der Waals surface area contributed by atoms with Crippen molar-refractivity contribution in [1.29, 1.82) is 0 Å². The first-order valence-electron chi connectivity index (χ1n) is 7.79. The highest BCUT2D eigenvalue weighted by molar-refractivity contribution is 6.02. The molecule has 0 aliphatic heterocycles. The van der Waals surface area contributed by atoms with Crippen LogP contribution in [0.3, 0.4) is 0 Å². The fraction of sp³-hybridized carbons (Fsp3) is 0.150. The molecule has 0 aliphatic rings. The first kappa shape index (κ1) is 16.0. The van der Waals surface area contributed by atoms with E-state index in [1.165, 1.54) is 33.3 Å². The summed E-state index contributed by atoms with van der Waals surface area (Å²) in [6.45, 7) is 5.38. The van der Waals surface area contributed by atoms with Crippen LogP contribution in [0.2, 0.25) is 0 Å². The molecule has 4 rings (SSSR count). The lowest BCUT2D eigenvalue weighted by Crippen LogP contribution is -3.00. The topological polar surface area (TPSA) is 8.81 Å². The van der Waals surface area contributed by atoms with Crippen LogP contribution in [0.1, 0.15) is 12.7 Å². The molecule has 0 radical (unpaired) electrons. The summed E-state index contributed by atoms with van der Waals surface area (Å²) in [6.07, 6.45) is 0. The number of rotatable bonds is 2. The lowest BCUT2D eigenvalue weighted by molar-refractivity contribution is -0.673. The number of fused-ring (bicyclic) bond motifs is 3. The van der Waals surface area contributed by atoms with Crippen molar-refractivity contribution in [2.24, 2.45) is 0 Å². The summed E-state index contributed by atoms with van der Waals surface area (Å²) in [6, 6.07) is 23.7. The van der Waals surface area contributed by atoms with E-state index < -0.39 is 0 Å². The van der Waals surface area contributed by atoms with Crippen molar-refractivity contribution in [2.75, 3.05) is 0 Å². The minimum absolute atomic E-state index is 0. The van der Waals surface area contributed by atoms with Crippen LogP contribution in [0, 0.1) is 6.92 Å². The van der Waals surface area contributed by atoms with E-state index >= 15 is 0 Å². The molecule has 0 bridgehead atoms. The fourth-order valence-corrected chi connectivity index (χ4v) is 3.45. The number of imidazole rings is 1. The molecule has 116 valence electrons. The highest BCUT2D eigenvalue weighted by Gasteiger charge is 2.23. The van der Waals surface area contributed by atoms with Gasteiger partial charge in [-0.05, 0) is 42.6 Å². The molecule has 3 aromatic carbocycles. The zero-order valence-electron chi connectivity index (χ0n) is 13.3. The summed E-state index contributed by atoms with van der Waals surface area (Å²) >= 11 is 0. The number of para-hydroxylation sites is 1. The van der Waals surface area contributed by atoms with Gasteiger partial charge < -0.3 is 24.0 Å². The van der Waals surface area contributed by atoms with E-state index in [9.17, 15) is 0 Å². The number of benzene rings is 3. The monoisotopic (exact) mass is 414 g/mol. The molecular weight excluding hydrogens is 395 g/mol. The quantitative estimate of drug-likeness (QED) is 0.347. The molecule has 0 spiro atoms. The van der Waals surface area contributed by atoms with Crippen molar-refractivity contribution in [2.45, 2.75) is 20.4 Å². The Morgan fingerprint density at radius 2 is 1.57 bits per heavy atom. The summed E-state index contributed by atoms with van der Waals surface area (Å²) in [4.78, 5) is 0. The fourth-order valence-electron chi connectivity index (χ4n) is 3.45. The van der Waals surface area contributed by atoms with E-state index in [1.54, 1.807) is 0 Å². The maximum atomic E-state index is 2.41. The Morgan fingerprint density at radius 3 is 2.30 bits per heavy atom. The van der Waals surface area contributed by atoms with Crippen LogP contribution in [-0.4, -0.2) is 4.57 Å². The van der Waals surface area contributed by atoms with Crippen molar-refractivity contribution in [3.63, 3.8) is 0 Å². The Kier molecular flexibility index (Phi) is 4.39. The second kappa shape index (κ2) is 6.32. The molecule has 23 heavy (non-hydrogen) atoms. The number of hydrogen-bond acceptors (Lipinski definition) is 0. The van der Waals surface area contributed by atoms with Gasteiger partial charge in [0.25, 0.3) is 5.82 Å². The van der Waals surface area contributed by atoms with E-state index in [4.69, 9.17) is 0 Å². The maximum Gasteiger partial charge on any atom is 0.259 e. The van der Waals surface area contributed by atoms with Gasteiger partial charge in [-0.1, -0.05) is 36.4 Å². The van der Waals surface area contributed by atoms with Crippen molar-refractivity contribution < 1.29 is 28.5 Å². The van der Waals surface area contributed by atoms with Crippen LogP contribution in [-0.2, 0) is 6.54 Å². The van der Waals surface area contributed by atoms with E-state index in [1.807, 2.05) is 0 Å². The van der Waals surface area contributed by atoms with E-state index in [2.05, 4.69) is 89.7 Å². The average molecular weight is 414 g/mol. The summed E-state index contributed by atoms with van der Waals surface area (Å²) in [5, 5.41) is 2.61. The van der Waals surface area contributed by atoms with Gasteiger partial charge in [0.05, 0.1) is 6.54 Å². The van der Waals surface area contributed by atoms with Crippen LogP contribution in [0.4, 0.5) is 0 Å². The molecule has 0 aliphatic carbocycles. The first-order valence-corrected chi connectivity index (χ1v) is 7.79. The van der Waals surface area contributed by atoms with Crippen molar-refractivity contribution in [3.8, 4) is 5.69 Å². The lowest BCUT2D eigenvalue weighted by atomic mass is 10.1. The Labute approximate surface area is 153 Å². The molecule has 0 fully saturated rings. The third-order valence-electron chi connectivity index (χ3n) is 4.43. The molecular formula is C20H19IN2. The smallest absolute Gasteiger partial charge is 0.259 e. The summed E-state index contributed by atoms with van der Waals surface area (Å²) in [5.41, 5.74) is 3.80. The minimum atomic E-state index is 0. The third-order valence-corrected chi connectivity index (χ3v) is 4.43. The summed E-state index contributed by atoms with van der Waals surface area (Å²) in [7, 11) is 0. The van der Waals surface area contributed by atoms with Crippen molar-refractivity contribution in [1.82, 2.24) is 4.57 Å². The van der Waals surface area contributed by atoms with Crippen LogP contribution in [0.15, 0.2) is 66.7 Å². The van der Waals surface area contributed by atoms with Gasteiger partial charge in [0, 0.05) is 12.3 Å². The summed E-state index contributed by atoms with van der Waals surface area (Å²) < 4.78 is 4.76. The van der Waals surface area contributed by atoms with Crippen LogP contribution >= 0.6 is 0 Å². The van der Waals surface area contributed by atoms with Crippen LogP contribution in [0.5, 0.6) is 0 Å². The maximum absolute atomic E-state index is 2.41. The highest BCUT2D eigenvalue weighted by atomic mass is 127. The van der Waals surface area contributed by atoms with Gasteiger partial charge in [0.15, 0.2) is 11.0 Å². The number of aromatic nitrogens is 2. The average Bonchev–Trinajstić information content (AvgIpc) is 2.87. The third kappa shape index (κ3) is 2.43.